The number of likely N-dealkylation sites (tertiary alicyclic amines) is 1. The molecule has 1 aromatic heterocycles. The molecule has 1 atom stereocenters. The van der Waals surface area contributed by atoms with Gasteiger partial charge in [0.2, 0.25) is 0 Å². The molecular weight excluding hydrogens is 410 g/mol. The van der Waals surface area contributed by atoms with E-state index in [1.54, 1.807) is 7.11 Å². The van der Waals surface area contributed by atoms with Gasteiger partial charge in [-0.25, -0.2) is 0 Å². The lowest BCUT2D eigenvalue weighted by molar-refractivity contribution is 0.159. The zero-order valence-corrected chi connectivity index (χ0v) is 19.4. The molecule has 2 aliphatic heterocycles. The van der Waals surface area contributed by atoms with E-state index in [0.29, 0.717) is 6.61 Å². The molecule has 5 rings (SSSR count). The topological polar surface area (TPSA) is 60.6 Å². The number of hydrogen-bond acceptors (Lipinski definition) is 5. The summed E-state index contributed by atoms with van der Waals surface area (Å²) in [7, 11) is 1.72. The van der Waals surface area contributed by atoms with Gasteiger partial charge >= 0.3 is 0 Å². The van der Waals surface area contributed by atoms with Crippen LogP contribution in [0.4, 0.5) is 0 Å². The Kier molecular flexibility index (Phi) is 6.34. The molecule has 1 unspecified atom stereocenters. The van der Waals surface area contributed by atoms with Crippen LogP contribution in [0.15, 0.2) is 66.9 Å². The van der Waals surface area contributed by atoms with Gasteiger partial charge in [-0.2, -0.15) is 0 Å². The fourth-order valence-electron chi connectivity index (χ4n) is 5.32. The van der Waals surface area contributed by atoms with Crippen LogP contribution in [0, 0.1) is 0 Å². The number of pyridine rings is 1. The van der Waals surface area contributed by atoms with Gasteiger partial charge in [0.1, 0.15) is 18.1 Å². The van der Waals surface area contributed by atoms with E-state index in [9.17, 15) is 0 Å². The summed E-state index contributed by atoms with van der Waals surface area (Å²) < 4.78 is 11.6. The van der Waals surface area contributed by atoms with E-state index < -0.39 is 0 Å². The van der Waals surface area contributed by atoms with Crippen molar-refractivity contribution in [1.29, 1.82) is 0 Å². The molecule has 0 radical (unpaired) electrons. The summed E-state index contributed by atoms with van der Waals surface area (Å²) in [4.78, 5) is 7.18. The van der Waals surface area contributed by atoms with Gasteiger partial charge in [0, 0.05) is 36.3 Å². The first-order chi connectivity index (χ1) is 16.2. The predicted molar refractivity (Wildman–Crippen MR) is 131 cm³/mol. The largest absolute Gasteiger partial charge is 0.497 e. The summed E-state index contributed by atoms with van der Waals surface area (Å²) >= 11 is 0. The third-order valence-corrected chi connectivity index (χ3v) is 7.32. The Labute approximate surface area is 196 Å². The van der Waals surface area contributed by atoms with E-state index in [0.717, 1.165) is 62.5 Å². The second-order valence-corrected chi connectivity index (χ2v) is 9.29. The molecule has 0 saturated carbocycles. The molecule has 0 amide bonds. The molecule has 33 heavy (non-hydrogen) atoms. The molecule has 5 nitrogen and oxygen atoms in total. The summed E-state index contributed by atoms with van der Waals surface area (Å²) in [5, 5.41) is 0. The van der Waals surface area contributed by atoms with Crippen LogP contribution >= 0.6 is 0 Å². The van der Waals surface area contributed by atoms with E-state index >= 15 is 0 Å². The minimum Gasteiger partial charge on any atom is -0.497 e. The van der Waals surface area contributed by atoms with E-state index in [-0.39, 0.29) is 11.5 Å². The molecule has 0 aliphatic carbocycles. The zero-order chi connectivity index (χ0) is 22.7. The third-order valence-electron chi connectivity index (χ3n) is 7.32. The van der Waals surface area contributed by atoms with Crippen LogP contribution in [0.3, 0.4) is 0 Å². The van der Waals surface area contributed by atoms with E-state index in [1.165, 1.54) is 16.7 Å². The van der Waals surface area contributed by atoms with E-state index in [4.69, 9.17) is 15.2 Å². The molecule has 2 aromatic carbocycles. The van der Waals surface area contributed by atoms with Crippen molar-refractivity contribution in [2.24, 2.45) is 5.73 Å². The van der Waals surface area contributed by atoms with Crippen molar-refractivity contribution in [1.82, 2.24) is 9.88 Å². The highest BCUT2D eigenvalue weighted by molar-refractivity contribution is 5.48. The van der Waals surface area contributed by atoms with Crippen LogP contribution in [0.1, 0.15) is 54.0 Å². The fraction of sp³-hybridized carbons (Fsp3) is 0.393. The normalized spacial score (nSPS) is 19.6. The van der Waals surface area contributed by atoms with Crippen molar-refractivity contribution < 1.29 is 9.47 Å². The Morgan fingerprint density at radius 1 is 1.06 bits per heavy atom. The molecule has 1 fully saturated rings. The number of hydrogen-bond donors (Lipinski definition) is 1. The monoisotopic (exact) mass is 443 g/mol. The Morgan fingerprint density at radius 3 is 2.67 bits per heavy atom. The van der Waals surface area contributed by atoms with Crippen molar-refractivity contribution in [3.05, 3.63) is 89.2 Å². The van der Waals surface area contributed by atoms with Crippen LogP contribution in [-0.4, -0.2) is 36.6 Å². The van der Waals surface area contributed by atoms with Crippen LogP contribution in [0.25, 0.3) is 0 Å². The lowest BCUT2D eigenvalue weighted by atomic mass is 9.81. The van der Waals surface area contributed by atoms with E-state index in [2.05, 4.69) is 52.3 Å². The van der Waals surface area contributed by atoms with Gasteiger partial charge in [-0.15, -0.1) is 0 Å². The van der Waals surface area contributed by atoms with Gasteiger partial charge in [-0.1, -0.05) is 36.4 Å². The SMILES string of the molecule is COc1ccc2c(c1)C(CCCN1CCC(N)(c3ccccc3)CC1)c1cccnc1CO2. The van der Waals surface area contributed by atoms with Gasteiger partial charge in [0.25, 0.3) is 0 Å². The van der Waals surface area contributed by atoms with Gasteiger partial charge in [-0.3, -0.25) is 4.98 Å². The molecule has 5 heteroatoms. The Hall–Kier alpha value is -2.89. The number of benzene rings is 2. The Morgan fingerprint density at radius 2 is 1.88 bits per heavy atom. The Balaban J connectivity index is 1.27. The molecule has 0 bridgehead atoms. The minimum atomic E-state index is -0.198. The summed E-state index contributed by atoms with van der Waals surface area (Å²) in [6.45, 7) is 3.68. The van der Waals surface area contributed by atoms with Gasteiger partial charge in [-0.05, 0) is 67.6 Å². The summed E-state index contributed by atoms with van der Waals surface area (Å²) in [5.41, 5.74) is 11.3. The molecule has 2 N–H and O–H groups in total. The Bertz CT molecular complexity index is 1080. The third kappa shape index (κ3) is 4.61. The first-order valence-corrected chi connectivity index (χ1v) is 12.0. The summed E-state index contributed by atoms with van der Waals surface area (Å²) in [6, 6.07) is 20.9. The molecule has 172 valence electrons. The highest BCUT2D eigenvalue weighted by atomic mass is 16.5. The number of piperidine rings is 1. The highest BCUT2D eigenvalue weighted by Gasteiger charge is 2.32. The standard InChI is InChI=1S/C28H33N3O2/c1-32-22-11-12-27-25(19-22)23(24-9-5-15-30-26(24)20-33-27)10-6-16-31-17-13-28(29,14-18-31)21-7-3-2-4-8-21/h2-5,7-9,11-12,15,19,23H,6,10,13-14,16-18,20,29H2,1H3. The average Bonchev–Trinajstić information content (AvgIpc) is 3.02. The van der Waals surface area contributed by atoms with Gasteiger partial charge in [0.15, 0.2) is 0 Å². The number of aromatic nitrogens is 1. The molecular formula is C28H33N3O2. The van der Waals surface area contributed by atoms with Crippen molar-refractivity contribution in [2.75, 3.05) is 26.7 Å². The van der Waals surface area contributed by atoms with Gasteiger partial charge < -0.3 is 20.1 Å². The maximum Gasteiger partial charge on any atom is 0.131 e. The van der Waals surface area contributed by atoms with Crippen molar-refractivity contribution in [3.8, 4) is 11.5 Å². The second-order valence-electron chi connectivity index (χ2n) is 9.29. The molecule has 2 aliphatic rings. The van der Waals surface area contributed by atoms with Crippen LogP contribution in [-0.2, 0) is 12.1 Å². The van der Waals surface area contributed by atoms with Crippen LogP contribution in [0.5, 0.6) is 11.5 Å². The lowest BCUT2D eigenvalue weighted by Gasteiger charge is -2.39. The highest BCUT2D eigenvalue weighted by Crippen LogP contribution is 2.41. The zero-order valence-electron chi connectivity index (χ0n) is 19.4. The lowest BCUT2D eigenvalue weighted by Crippen LogP contribution is -2.48. The van der Waals surface area contributed by atoms with Crippen LogP contribution < -0.4 is 15.2 Å². The van der Waals surface area contributed by atoms with Crippen molar-refractivity contribution in [2.45, 2.75) is 43.7 Å². The first kappa shape index (κ1) is 21.9. The second kappa shape index (κ2) is 9.54. The molecule has 3 aromatic rings. The smallest absolute Gasteiger partial charge is 0.131 e. The number of nitrogens with zero attached hydrogens (tertiary/aromatic N) is 2. The maximum atomic E-state index is 6.78. The number of rotatable bonds is 6. The first-order valence-electron chi connectivity index (χ1n) is 12.0. The van der Waals surface area contributed by atoms with Crippen LogP contribution in [0.2, 0.25) is 0 Å². The molecule has 3 heterocycles. The number of ether oxygens (including phenoxy) is 2. The van der Waals surface area contributed by atoms with E-state index in [1.807, 2.05) is 24.4 Å². The predicted octanol–water partition coefficient (Wildman–Crippen LogP) is 4.84. The van der Waals surface area contributed by atoms with Gasteiger partial charge in [0.05, 0.1) is 12.8 Å². The summed E-state index contributed by atoms with van der Waals surface area (Å²) in [6.07, 6.45) is 6.02. The molecule has 1 saturated heterocycles. The number of nitrogens with two attached hydrogens (primary N) is 1. The number of fused-ring (bicyclic) bond motifs is 2. The fourth-order valence-corrected chi connectivity index (χ4v) is 5.32. The minimum absolute atomic E-state index is 0.198. The summed E-state index contributed by atoms with van der Waals surface area (Å²) in [5.74, 6) is 2.06. The maximum absolute atomic E-state index is 6.78. The number of methoxy groups -OCH3 is 1. The quantitative estimate of drug-likeness (QED) is 0.590. The van der Waals surface area contributed by atoms with Crippen molar-refractivity contribution in [3.63, 3.8) is 0 Å². The van der Waals surface area contributed by atoms with Crippen molar-refractivity contribution >= 4 is 0 Å². The molecule has 0 spiro atoms. The average molecular weight is 444 g/mol.